The Hall–Kier alpha value is -1.67. The highest BCUT2D eigenvalue weighted by Gasteiger charge is 2.48. The number of aliphatic hydroxyl groups is 3. The lowest BCUT2D eigenvalue weighted by atomic mass is 9.99. The molecule has 5 atom stereocenters. The number of aliphatic carboxylic acids is 1. The van der Waals surface area contributed by atoms with Crippen molar-refractivity contribution in [3.63, 3.8) is 0 Å². The first-order valence-electron chi connectivity index (χ1n) is 5.65. The molecule has 1 fully saturated rings. The van der Waals surface area contributed by atoms with Crippen LogP contribution in [0.2, 0.25) is 0 Å². The summed E-state index contributed by atoms with van der Waals surface area (Å²) in [6.07, 6.45) is -7.97. The van der Waals surface area contributed by atoms with Crippen molar-refractivity contribution in [1.82, 2.24) is 0 Å². The van der Waals surface area contributed by atoms with E-state index in [9.17, 15) is 20.1 Å². The van der Waals surface area contributed by atoms with Gasteiger partial charge in [0.15, 0.2) is 6.10 Å². The molecule has 0 unspecified atom stereocenters. The van der Waals surface area contributed by atoms with E-state index in [1.807, 2.05) is 0 Å². The Balaban J connectivity index is 2.13. The number of benzene rings is 1. The fourth-order valence-corrected chi connectivity index (χ4v) is 1.78. The van der Waals surface area contributed by atoms with Crippen LogP contribution in [0.1, 0.15) is 0 Å². The first-order valence-corrected chi connectivity index (χ1v) is 5.65. The lowest BCUT2D eigenvalue weighted by molar-refractivity contribution is -0.271. The highest BCUT2D eigenvalue weighted by Crippen LogP contribution is 2.24. The van der Waals surface area contributed by atoms with Crippen LogP contribution in [0.5, 0.6) is 5.75 Å². The smallest absolute Gasteiger partial charge is 0.335 e. The number of rotatable bonds is 3. The number of carboxylic acids is 1. The minimum atomic E-state index is -1.72. The lowest BCUT2D eigenvalue weighted by Crippen LogP contribution is -2.61. The van der Waals surface area contributed by atoms with Gasteiger partial charge in [0.05, 0.1) is 0 Å². The summed E-state index contributed by atoms with van der Waals surface area (Å²) < 4.78 is 10.2. The molecule has 1 aliphatic rings. The molecule has 1 aromatic carbocycles. The summed E-state index contributed by atoms with van der Waals surface area (Å²) in [5.41, 5.74) is 0. The highest BCUT2D eigenvalue weighted by atomic mass is 16.7. The minimum Gasteiger partial charge on any atom is -0.479 e. The Kier molecular flexibility index (Phi) is 4.01. The highest BCUT2D eigenvalue weighted by molar-refractivity contribution is 5.73. The molecule has 4 N–H and O–H groups in total. The zero-order valence-electron chi connectivity index (χ0n) is 9.79. The Morgan fingerprint density at radius 1 is 1.05 bits per heavy atom. The molecule has 0 aliphatic carbocycles. The zero-order valence-corrected chi connectivity index (χ0v) is 9.79. The number of carboxylic acid groups (broad SMARTS) is 1. The number of hydrogen-bond donors (Lipinski definition) is 4. The Bertz CT molecular complexity index is 435. The molecule has 0 bridgehead atoms. The maximum absolute atomic E-state index is 10.9. The molecule has 1 aliphatic heterocycles. The number of carbonyl (C=O) groups is 1. The van der Waals surface area contributed by atoms with E-state index in [2.05, 4.69) is 0 Å². The van der Waals surface area contributed by atoms with Gasteiger partial charge in [-0.15, -0.1) is 0 Å². The zero-order chi connectivity index (χ0) is 14.0. The third kappa shape index (κ3) is 2.85. The van der Waals surface area contributed by atoms with Crippen molar-refractivity contribution in [1.29, 1.82) is 0 Å². The average Bonchev–Trinajstić information content (AvgIpc) is 2.40. The van der Waals surface area contributed by atoms with Gasteiger partial charge in [-0.1, -0.05) is 18.2 Å². The summed E-state index contributed by atoms with van der Waals surface area (Å²) in [4.78, 5) is 10.9. The van der Waals surface area contributed by atoms with E-state index in [0.29, 0.717) is 5.75 Å². The molecule has 0 aromatic heterocycles. The maximum Gasteiger partial charge on any atom is 0.335 e. The molecule has 104 valence electrons. The monoisotopic (exact) mass is 270 g/mol. The molecule has 19 heavy (non-hydrogen) atoms. The Labute approximate surface area is 108 Å². The van der Waals surface area contributed by atoms with Crippen LogP contribution in [0.25, 0.3) is 0 Å². The molecule has 2 rings (SSSR count). The van der Waals surface area contributed by atoms with Gasteiger partial charge in [0.25, 0.3) is 0 Å². The maximum atomic E-state index is 10.9. The number of hydrogen-bond acceptors (Lipinski definition) is 6. The molecule has 1 saturated heterocycles. The molecule has 0 spiro atoms. The number of ether oxygens (including phenoxy) is 2. The van der Waals surface area contributed by atoms with Crippen LogP contribution in [0.3, 0.4) is 0 Å². The third-order valence-corrected chi connectivity index (χ3v) is 2.81. The second-order valence-electron chi connectivity index (χ2n) is 4.17. The van der Waals surface area contributed by atoms with Gasteiger partial charge in [-0.05, 0) is 12.1 Å². The molecule has 7 nitrogen and oxygen atoms in total. The largest absolute Gasteiger partial charge is 0.479 e. The predicted octanol–water partition coefficient (Wildman–Crippen LogP) is -1.04. The standard InChI is InChI=1S/C12H14O7/c13-7-8(14)10(11(16)17)19-12(9(7)15)18-6-4-2-1-3-5-6/h1-5,7-10,12-15H,(H,16,17)/t7-,8+,9-,10-,12-/m1/s1. The van der Waals surface area contributed by atoms with Crippen LogP contribution < -0.4 is 4.74 Å². The van der Waals surface area contributed by atoms with Gasteiger partial charge in [-0.3, -0.25) is 0 Å². The van der Waals surface area contributed by atoms with Crippen molar-refractivity contribution in [2.75, 3.05) is 0 Å². The van der Waals surface area contributed by atoms with Crippen LogP contribution in [0.4, 0.5) is 0 Å². The molecule has 0 amide bonds. The van der Waals surface area contributed by atoms with E-state index in [-0.39, 0.29) is 0 Å². The van der Waals surface area contributed by atoms with Crippen LogP contribution in [-0.2, 0) is 9.53 Å². The van der Waals surface area contributed by atoms with E-state index in [4.69, 9.17) is 14.6 Å². The summed E-state index contributed by atoms with van der Waals surface area (Å²) >= 11 is 0. The summed E-state index contributed by atoms with van der Waals surface area (Å²) in [5, 5.41) is 37.7. The Morgan fingerprint density at radius 3 is 2.26 bits per heavy atom. The quantitative estimate of drug-likeness (QED) is 0.554. The van der Waals surface area contributed by atoms with E-state index in [0.717, 1.165) is 0 Å². The second-order valence-corrected chi connectivity index (χ2v) is 4.17. The van der Waals surface area contributed by atoms with Gasteiger partial charge in [-0.2, -0.15) is 0 Å². The van der Waals surface area contributed by atoms with Crippen molar-refractivity contribution in [2.24, 2.45) is 0 Å². The second kappa shape index (κ2) is 5.54. The van der Waals surface area contributed by atoms with Gasteiger partial charge in [-0.25, -0.2) is 4.79 Å². The number of aliphatic hydroxyl groups excluding tert-OH is 3. The van der Waals surface area contributed by atoms with Crippen molar-refractivity contribution in [3.8, 4) is 5.75 Å². The molecular formula is C12H14O7. The van der Waals surface area contributed by atoms with Crippen LogP contribution in [0.15, 0.2) is 30.3 Å². The lowest BCUT2D eigenvalue weighted by Gasteiger charge is -2.38. The van der Waals surface area contributed by atoms with Crippen molar-refractivity contribution >= 4 is 5.97 Å². The van der Waals surface area contributed by atoms with E-state index in [1.165, 1.54) is 0 Å². The summed E-state index contributed by atoms with van der Waals surface area (Å²) in [5.74, 6) is -1.10. The van der Waals surface area contributed by atoms with Crippen molar-refractivity contribution in [3.05, 3.63) is 30.3 Å². The van der Waals surface area contributed by atoms with Crippen LogP contribution in [-0.4, -0.2) is 57.1 Å². The van der Waals surface area contributed by atoms with Gasteiger partial charge < -0.3 is 29.9 Å². The first-order chi connectivity index (χ1) is 9.00. The third-order valence-electron chi connectivity index (χ3n) is 2.81. The molecule has 1 aromatic rings. The average molecular weight is 270 g/mol. The van der Waals surface area contributed by atoms with E-state index < -0.39 is 36.7 Å². The molecular weight excluding hydrogens is 256 g/mol. The summed E-state index contributed by atoms with van der Waals surface area (Å²) in [6.45, 7) is 0. The SMILES string of the molecule is O=C(O)[C@@H]1O[C@@H](Oc2ccccc2)[C@H](O)[C@H](O)[C@@H]1O. The molecule has 0 saturated carbocycles. The first kappa shape index (κ1) is 13.8. The fourth-order valence-electron chi connectivity index (χ4n) is 1.78. The van der Waals surface area contributed by atoms with Crippen LogP contribution >= 0.6 is 0 Å². The topological polar surface area (TPSA) is 116 Å². The predicted molar refractivity (Wildman–Crippen MR) is 61.4 cm³/mol. The fraction of sp³-hybridized carbons (Fsp3) is 0.417. The molecule has 0 radical (unpaired) electrons. The van der Waals surface area contributed by atoms with Crippen molar-refractivity contribution < 1.29 is 34.7 Å². The normalized spacial score (nSPS) is 34.8. The van der Waals surface area contributed by atoms with Gasteiger partial charge >= 0.3 is 5.97 Å². The van der Waals surface area contributed by atoms with Crippen molar-refractivity contribution in [2.45, 2.75) is 30.7 Å². The van der Waals surface area contributed by atoms with Crippen LogP contribution in [0, 0.1) is 0 Å². The molecule has 1 heterocycles. The van der Waals surface area contributed by atoms with Gasteiger partial charge in [0.1, 0.15) is 24.1 Å². The van der Waals surface area contributed by atoms with E-state index in [1.54, 1.807) is 30.3 Å². The van der Waals surface area contributed by atoms with E-state index >= 15 is 0 Å². The minimum absolute atomic E-state index is 0.347. The number of para-hydroxylation sites is 1. The Morgan fingerprint density at radius 2 is 1.68 bits per heavy atom. The van der Waals surface area contributed by atoms with Gasteiger partial charge in [0, 0.05) is 0 Å². The summed E-state index contributed by atoms with van der Waals surface area (Å²) in [7, 11) is 0. The van der Waals surface area contributed by atoms with Gasteiger partial charge in [0.2, 0.25) is 6.29 Å². The molecule has 7 heteroatoms. The summed E-state index contributed by atoms with van der Waals surface area (Å²) in [6, 6.07) is 8.30.